The highest BCUT2D eigenvalue weighted by Gasteiger charge is 2.52. The van der Waals surface area contributed by atoms with E-state index in [1.165, 1.54) is 0 Å². The zero-order valence-corrected chi connectivity index (χ0v) is 7.84. The summed E-state index contributed by atoms with van der Waals surface area (Å²) < 4.78 is 4.99. The second kappa shape index (κ2) is 3.32. The smallest absolute Gasteiger partial charge is 0.119 e. The number of hydrogen-bond donors (Lipinski definition) is 2. The lowest BCUT2D eigenvalue weighted by molar-refractivity contribution is -0.251. The Morgan fingerprint density at radius 1 is 1.33 bits per heavy atom. The molecule has 0 bridgehead atoms. The summed E-state index contributed by atoms with van der Waals surface area (Å²) in [5, 5.41) is 19.3. The molecule has 0 amide bonds. The third-order valence-electron chi connectivity index (χ3n) is 3.33. The Labute approximate surface area is 73.4 Å². The molecule has 3 nitrogen and oxygen atoms in total. The van der Waals surface area contributed by atoms with Crippen LogP contribution in [0.25, 0.3) is 0 Å². The van der Waals surface area contributed by atoms with Crippen LogP contribution in [0.5, 0.6) is 0 Å². The fourth-order valence-corrected chi connectivity index (χ4v) is 1.88. The molecular formula is C9H18O3. The summed E-state index contributed by atoms with van der Waals surface area (Å²) in [5.74, 6) is 0. The molecule has 72 valence electrons. The minimum Gasteiger partial charge on any atom is -0.396 e. The highest BCUT2D eigenvalue weighted by molar-refractivity contribution is 5.01. The Bertz CT molecular complexity index is 140. The van der Waals surface area contributed by atoms with Crippen molar-refractivity contribution in [2.24, 2.45) is 5.41 Å². The third kappa shape index (κ3) is 1.16. The first kappa shape index (κ1) is 9.96. The predicted octanol–water partition coefficient (Wildman–Crippen LogP) is 0.546. The normalized spacial score (nSPS) is 22.0. The summed E-state index contributed by atoms with van der Waals surface area (Å²) in [6, 6.07) is 0. The van der Waals surface area contributed by atoms with Crippen molar-refractivity contribution in [2.45, 2.75) is 32.3 Å². The lowest BCUT2D eigenvalue weighted by Gasteiger charge is -2.50. The molecule has 1 aliphatic rings. The van der Waals surface area contributed by atoms with Gasteiger partial charge in [0.15, 0.2) is 0 Å². The molecule has 1 rings (SSSR count). The Kier molecular flexibility index (Phi) is 2.76. The lowest BCUT2D eigenvalue weighted by atomic mass is 9.67. The standard InChI is InChI=1S/C9H18O3/c1-3-8(4-2,5-10)9(11)6-12-7-9/h10-11H,3-7H2,1-2H3. The Balaban J connectivity index is 2.75. The molecule has 0 saturated carbocycles. The van der Waals surface area contributed by atoms with E-state index in [4.69, 9.17) is 4.74 Å². The van der Waals surface area contributed by atoms with Gasteiger partial charge in [0.2, 0.25) is 0 Å². The molecular weight excluding hydrogens is 156 g/mol. The second-order valence-corrected chi connectivity index (χ2v) is 3.67. The summed E-state index contributed by atoms with van der Waals surface area (Å²) in [6.45, 7) is 4.77. The van der Waals surface area contributed by atoms with Crippen molar-refractivity contribution in [2.75, 3.05) is 19.8 Å². The first-order chi connectivity index (χ1) is 5.64. The van der Waals surface area contributed by atoms with Gasteiger partial charge < -0.3 is 14.9 Å². The van der Waals surface area contributed by atoms with Crippen LogP contribution in [0.15, 0.2) is 0 Å². The zero-order chi connectivity index (χ0) is 9.24. The Morgan fingerprint density at radius 2 is 1.83 bits per heavy atom. The van der Waals surface area contributed by atoms with E-state index in [1.807, 2.05) is 13.8 Å². The highest BCUT2D eigenvalue weighted by Crippen LogP contribution is 2.42. The molecule has 0 spiro atoms. The van der Waals surface area contributed by atoms with Crippen LogP contribution in [0.3, 0.4) is 0 Å². The molecule has 0 unspecified atom stereocenters. The van der Waals surface area contributed by atoms with Gasteiger partial charge in [-0.25, -0.2) is 0 Å². The largest absolute Gasteiger partial charge is 0.396 e. The molecule has 1 aliphatic heterocycles. The van der Waals surface area contributed by atoms with E-state index in [0.717, 1.165) is 12.8 Å². The summed E-state index contributed by atoms with van der Waals surface area (Å²) in [4.78, 5) is 0. The average Bonchev–Trinajstić information content (AvgIpc) is 2.05. The number of aliphatic hydroxyl groups is 2. The van der Waals surface area contributed by atoms with E-state index in [1.54, 1.807) is 0 Å². The Morgan fingerprint density at radius 3 is 1.92 bits per heavy atom. The number of ether oxygens (including phenoxy) is 1. The van der Waals surface area contributed by atoms with Crippen molar-refractivity contribution in [1.29, 1.82) is 0 Å². The van der Waals surface area contributed by atoms with Crippen LogP contribution < -0.4 is 0 Å². The van der Waals surface area contributed by atoms with Gasteiger partial charge in [-0.2, -0.15) is 0 Å². The van der Waals surface area contributed by atoms with Crippen molar-refractivity contribution < 1.29 is 14.9 Å². The van der Waals surface area contributed by atoms with Crippen molar-refractivity contribution in [3.63, 3.8) is 0 Å². The maximum Gasteiger partial charge on any atom is 0.119 e. The quantitative estimate of drug-likeness (QED) is 0.654. The molecule has 0 atom stereocenters. The van der Waals surface area contributed by atoms with Gasteiger partial charge in [-0.1, -0.05) is 13.8 Å². The molecule has 1 heterocycles. The second-order valence-electron chi connectivity index (χ2n) is 3.67. The van der Waals surface area contributed by atoms with Gasteiger partial charge in [0.05, 0.1) is 19.8 Å². The molecule has 12 heavy (non-hydrogen) atoms. The topological polar surface area (TPSA) is 49.7 Å². The van der Waals surface area contributed by atoms with Gasteiger partial charge in [0, 0.05) is 5.41 Å². The summed E-state index contributed by atoms with van der Waals surface area (Å²) in [5.41, 5.74) is -1.14. The van der Waals surface area contributed by atoms with E-state index in [0.29, 0.717) is 13.2 Å². The fraction of sp³-hybridized carbons (Fsp3) is 1.00. The molecule has 0 aromatic heterocycles. The van der Waals surface area contributed by atoms with E-state index in [9.17, 15) is 10.2 Å². The van der Waals surface area contributed by atoms with Gasteiger partial charge in [0.25, 0.3) is 0 Å². The first-order valence-corrected chi connectivity index (χ1v) is 4.55. The summed E-state index contributed by atoms with van der Waals surface area (Å²) >= 11 is 0. The molecule has 2 N–H and O–H groups in total. The van der Waals surface area contributed by atoms with Gasteiger partial charge in [-0.3, -0.25) is 0 Å². The van der Waals surface area contributed by atoms with Crippen molar-refractivity contribution in [3.8, 4) is 0 Å². The minimum absolute atomic E-state index is 0.0415. The summed E-state index contributed by atoms with van der Waals surface area (Å²) in [6.07, 6.45) is 1.58. The maximum atomic E-state index is 10.0. The van der Waals surface area contributed by atoms with Crippen LogP contribution in [0.4, 0.5) is 0 Å². The summed E-state index contributed by atoms with van der Waals surface area (Å²) in [7, 11) is 0. The van der Waals surface area contributed by atoms with E-state index >= 15 is 0 Å². The van der Waals surface area contributed by atoms with Crippen molar-refractivity contribution >= 4 is 0 Å². The number of hydrogen-bond acceptors (Lipinski definition) is 3. The van der Waals surface area contributed by atoms with E-state index in [-0.39, 0.29) is 12.0 Å². The van der Waals surface area contributed by atoms with Gasteiger partial charge in [-0.05, 0) is 12.8 Å². The first-order valence-electron chi connectivity index (χ1n) is 4.55. The lowest BCUT2D eigenvalue weighted by Crippen LogP contribution is -2.62. The van der Waals surface area contributed by atoms with Crippen molar-refractivity contribution in [1.82, 2.24) is 0 Å². The molecule has 0 aromatic carbocycles. The SMILES string of the molecule is CCC(CC)(CO)C1(O)COC1. The monoisotopic (exact) mass is 174 g/mol. The van der Waals surface area contributed by atoms with E-state index < -0.39 is 5.60 Å². The zero-order valence-electron chi connectivity index (χ0n) is 7.84. The van der Waals surface area contributed by atoms with Crippen molar-refractivity contribution in [3.05, 3.63) is 0 Å². The van der Waals surface area contributed by atoms with Crippen LogP contribution in [-0.2, 0) is 4.74 Å². The van der Waals surface area contributed by atoms with E-state index in [2.05, 4.69) is 0 Å². The molecule has 1 saturated heterocycles. The number of aliphatic hydroxyl groups excluding tert-OH is 1. The van der Waals surface area contributed by atoms with Gasteiger partial charge in [0.1, 0.15) is 5.60 Å². The van der Waals surface area contributed by atoms with Crippen LogP contribution in [-0.4, -0.2) is 35.6 Å². The average molecular weight is 174 g/mol. The third-order valence-corrected chi connectivity index (χ3v) is 3.33. The Hall–Kier alpha value is -0.120. The van der Waals surface area contributed by atoms with Crippen LogP contribution in [0.1, 0.15) is 26.7 Å². The molecule has 3 heteroatoms. The fourth-order valence-electron chi connectivity index (χ4n) is 1.88. The van der Waals surface area contributed by atoms with Gasteiger partial charge >= 0.3 is 0 Å². The molecule has 0 aromatic rings. The highest BCUT2D eigenvalue weighted by atomic mass is 16.5. The maximum absolute atomic E-state index is 10.0. The van der Waals surface area contributed by atoms with Crippen LogP contribution in [0, 0.1) is 5.41 Å². The molecule has 0 radical (unpaired) electrons. The van der Waals surface area contributed by atoms with Crippen LogP contribution in [0.2, 0.25) is 0 Å². The minimum atomic E-state index is -0.786. The molecule has 1 fully saturated rings. The van der Waals surface area contributed by atoms with Crippen LogP contribution >= 0.6 is 0 Å². The predicted molar refractivity (Wildman–Crippen MR) is 45.9 cm³/mol. The van der Waals surface area contributed by atoms with Gasteiger partial charge in [-0.15, -0.1) is 0 Å². The molecule has 0 aliphatic carbocycles. The number of rotatable bonds is 4.